The molecule has 0 bridgehead atoms. The van der Waals surface area contributed by atoms with Crippen LogP contribution in [0.1, 0.15) is 11.1 Å². The Hall–Kier alpha value is -1.60. The zero-order valence-electron chi connectivity index (χ0n) is 11.4. The minimum absolute atomic E-state index is 0.00406. The van der Waals surface area contributed by atoms with Gasteiger partial charge in [0.2, 0.25) is 0 Å². The topological polar surface area (TPSA) is 72.2 Å². The summed E-state index contributed by atoms with van der Waals surface area (Å²) < 4.78 is 41.3. The molecular formula is C14H14BrFN2O2S. The Kier molecular flexibility index (Phi) is 4.25. The van der Waals surface area contributed by atoms with E-state index in [4.69, 9.17) is 5.73 Å². The third-order valence-corrected chi connectivity index (χ3v) is 4.95. The first-order chi connectivity index (χ1) is 9.72. The number of nitrogens with one attached hydrogen (secondary N) is 1. The van der Waals surface area contributed by atoms with Crippen LogP contribution in [0.25, 0.3) is 0 Å². The Morgan fingerprint density at radius 2 is 1.76 bits per heavy atom. The van der Waals surface area contributed by atoms with Gasteiger partial charge in [-0.1, -0.05) is 18.2 Å². The molecule has 0 fully saturated rings. The molecule has 0 aromatic heterocycles. The van der Waals surface area contributed by atoms with Crippen molar-refractivity contribution in [2.45, 2.75) is 18.7 Å². The van der Waals surface area contributed by atoms with Gasteiger partial charge in [-0.3, -0.25) is 4.72 Å². The molecular weight excluding hydrogens is 359 g/mol. The van der Waals surface area contributed by atoms with Crippen LogP contribution in [-0.4, -0.2) is 8.42 Å². The van der Waals surface area contributed by atoms with Gasteiger partial charge < -0.3 is 5.73 Å². The van der Waals surface area contributed by atoms with Crippen molar-refractivity contribution in [3.8, 4) is 0 Å². The zero-order valence-corrected chi connectivity index (χ0v) is 13.8. The molecule has 0 atom stereocenters. The molecule has 2 aromatic carbocycles. The minimum Gasteiger partial charge on any atom is -0.399 e. The second-order valence-electron chi connectivity index (χ2n) is 4.69. The Bertz CT molecular complexity index is 787. The van der Waals surface area contributed by atoms with E-state index in [0.717, 1.165) is 17.2 Å². The summed E-state index contributed by atoms with van der Waals surface area (Å²) in [6.07, 6.45) is 0. The van der Waals surface area contributed by atoms with E-state index >= 15 is 0 Å². The molecule has 0 aliphatic heterocycles. The van der Waals surface area contributed by atoms with Crippen molar-refractivity contribution >= 4 is 37.3 Å². The molecule has 2 rings (SSSR count). The molecule has 7 heteroatoms. The largest absolute Gasteiger partial charge is 0.399 e. The van der Waals surface area contributed by atoms with E-state index in [1.165, 1.54) is 6.07 Å². The van der Waals surface area contributed by atoms with Crippen LogP contribution in [0.4, 0.5) is 15.8 Å². The first kappa shape index (κ1) is 15.8. The molecule has 4 nitrogen and oxygen atoms in total. The maximum absolute atomic E-state index is 14.1. The van der Waals surface area contributed by atoms with Crippen molar-refractivity contribution in [2.75, 3.05) is 10.5 Å². The predicted molar refractivity (Wildman–Crippen MR) is 85.2 cm³/mol. The van der Waals surface area contributed by atoms with Crippen molar-refractivity contribution in [2.24, 2.45) is 0 Å². The van der Waals surface area contributed by atoms with Crippen LogP contribution in [0.2, 0.25) is 0 Å². The molecule has 3 N–H and O–H groups in total. The number of nitrogens with two attached hydrogens (primary N) is 1. The van der Waals surface area contributed by atoms with Crippen molar-refractivity contribution in [1.29, 1.82) is 0 Å². The monoisotopic (exact) mass is 372 g/mol. The second-order valence-corrected chi connectivity index (χ2v) is 7.19. The summed E-state index contributed by atoms with van der Waals surface area (Å²) in [7, 11) is -4.07. The molecule has 0 saturated carbocycles. The molecule has 21 heavy (non-hydrogen) atoms. The summed E-state index contributed by atoms with van der Waals surface area (Å²) in [5.74, 6) is -0.872. The van der Waals surface area contributed by atoms with Crippen molar-refractivity contribution in [3.63, 3.8) is 0 Å². The highest BCUT2D eigenvalue weighted by Crippen LogP contribution is 2.29. The molecule has 0 aliphatic carbocycles. The van der Waals surface area contributed by atoms with E-state index < -0.39 is 20.7 Å². The highest BCUT2D eigenvalue weighted by molar-refractivity contribution is 9.10. The normalized spacial score (nSPS) is 11.4. The van der Waals surface area contributed by atoms with Gasteiger partial charge in [-0.2, -0.15) is 0 Å². The number of anilines is 2. The van der Waals surface area contributed by atoms with Crippen LogP contribution in [0.15, 0.2) is 39.7 Å². The van der Waals surface area contributed by atoms with E-state index in [1.54, 1.807) is 26.0 Å². The van der Waals surface area contributed by atoms with Crippen LogP contribution < -0.4 is 10.5 Å². The molecule has 0 amide bonds. The van der Waals surface area contributed by atoms with Crippen LogP contribution >= 0.6 is 15.9 Å². The molecule has 0 radical (unpaired) electrons. The lowest BCUT2D eigenvalue weighted by molar-refractivity contribution is 0.567. The number of nitrogen functional groups attached to an aromatic ring is 1. The fourth-order valence-corrected chi connectivity index (χ4v) is 3.89. The average Bonchev–Trinajstić information content (AvgIpc) is 2.38. The average molecular weight is 373 g/mol. The smallest absolute Gasteiger partial charge is 0.264 e. The summed E-state index contributed by atoms with van der Waals surface area (Å²) in [6, 6.07) is 7.77. The fourth-order valence-electron chi connectivity index (χ4n) is 1.94. The van der Waals surface area contributed by atoms with Crippen LogP contribution in [0.3, 0.4) is 0 Å². The third kappa shape index (κ3) is 3.19. The highest BCUT2D eigenvalue weighted by Gasteiger charge is 2.23. The number of sulfonamides is 1. The maximum Gasteiger partial charge on any atom is 0.264 e. The summed E-state index contributed by atoms with van der Waals surface area (Å²) in [5, 5.41) is 0. The molecule has 112 valence electrons. The molecule has 0 unspecified atom stereocenters. The minimum atomic E-state index is -4.07. The summed E-state index contributed by atoms with van der Waals surface area (Å²) in [4.78, 5) is -0.489. The number of hydrogen-bond acceptors (Lipinski definition) is 3. The van der Waals surface area contributed by atoms with Gasteiger partial charge in [0.1, 0.15) is 4.90 Å². The second kappa shape index (κ2) is 5.65. The Labute approximate surface area is 131 Å². The predicted octanol–water partition coefficient (Wildman–Crippen LogP) is 3.59. The first-order valence-corrected chi connectivity index (χ1v) is 8.33. The quantitative estimate of drug-likeness (QED) is 0.808. The third-order valence-electron chi connectivity index (χ3n) is 3.02. The van der Waals surface area contributed by atoms with E-state index in [2.05, 4.69) is 20.7 Å². The van der Waals surface area contributed by atoms with Crippen LogP contribution in [-0.2, 0) is 10.0 Å². The number of hydrogen-bond donors (Lipinski definition) is 2. The van der Waals surface area contributed by atoms with Gasteiger partial charge in [0.05, 0.1) is 10.2 Å². The lowest BCUT2D eigenvalue weighted by Gasteiger charge is -2.14. The molecule has 0 heterocycles. The van der Waals surface area contributed by atoms with Crippen LogP contribution in [0.5, 0.6) is 0 Å². The number of rotatable bonds is 3. The van der Waals surface area contributed by atoms with Crippen LogP contribution in [0, 0.1) is 19.7 Å². The van der Waals surface area contributed by atoms with Gasteiger partial charge in [0.25, 0.3) is 10.0 Å². The van der Waals surface area contributed by atoms with Gasteiger partial charge in [0, 0.05) is 5.69 Å². The van der Waals surface area contributed by atoms with Gasteiger partial charge in [-0.15, -0.1) is 0 Å². The van der Waals surface area contributed by atoms with Gasteiger partial charge in [-0.05, 0) is 53.0 Å². The standard InChI is InChI=1S/C14H14BrFN2O2S/c1-8-4-3-5-9(2)14(8)18-21(19,20)12-7-10(17)6-11(15)13(12)16/h3-7,18H,17H2,1-2H3. The zero-order chi connectivity index (χ0) is 15.8. The van der Waals surface area contributed by atoms with E-state index in [-0.39, 0.29) is 10.2 Å². The maximum atomic E-state index is 14.1. The molecule has 2 aromatic rings. The lowest BCUT2D eigenvalue weighted by Crippen LogP contribution is -2.16. The number of para-hydroxylation sites is 1. The van der Waals surface area contributed by atoms with Gasteiger partial charge in [0.15, 0.2) is 5.82 Å². The van der Waals surface area contributed by atoms with E-state index in [1.807, 2.05) is 6.07 Å². The van der Waals surface area contributed by atoms with E-state index in [0.29, 0.717) is 5.69 Å². The first-order valence-electron chi connectivity index (χ1n) is 6.06. The molecule has 0 spiro atoms. The number of benzene rings is 2. The Morgan fingerprint density at radius 3 is 2.33 bits per heavy atom. The number of halogens is 2. The molecule has 0 aliphatic rings. The van der Waals surface area contributed by atoms with Gasteiger partial charge >= 0.3 is 0 Å². The van der Waals surface area contributed by atoms with Crippen molar-refractivity contribution in [1.82, 2.24) is 0 Å². The number of aryl methyl sites for hydroxylation is 2. The van der Waals surface area contributed by atoms with Gasteiger partial charge in [-0.25, -0.2) is 12.8 Å². The van der Waals surface area contributed by atoms with Crippen molar-refractivity contribution < 1.29 is 12.8 Å². The SMILES string of the molecule is Cc1cccc(C)c1NS(=O)(=O)c1cc(N)cc(Br)c1F. The molecule has 0 saturated heterocycles. The lowest BCUT2D eigenvalue weighted by atomic mass is 10.1. The van der Waals surface area contributed by atoms with Crippen molar-refractivity contribution in [3.05, 3.63) is 51.7 Å². The summed E-state index contributed by atoms with van der Waals surface area (Å²) >= 11 is 2.96. The Morgan fingerprint density at radius 1 is 1.19 bits per heavy atom. The fraction of sp³-hybridized carbons (Fsp3) is 0.143. The highest BCUT2D eigenvalue weighted by atomic mass is 79.9. The summed E-state index contributed by atoms with van der Waals surface area (Å²) in [5.41, 5.74) is 7.69. The summed E-state index contributed by atoms with van der Waals surface area (Å²) in [6.45, 7) is 3.55. The van der Waals surface area contributed by atoms with E-state index in [9.17, 15) is 12.8 Å². The Balaban J connectivity index is 2.54.